The van der Waals surface area contributed by atoms with Crippen LogP contribution in [0.4, 0.5) is 18.9 Å². The molecule has 2 heterocycles. The summed E-state index contributed by atoms with van der Waals surface area (Å²) in [5, 5.41) is 3.96. The van der Waals surface area contributed by atoms with E-state index in [1.807, 2.05) is 0 Å². The number of amides is 1. The first kappa shape index (κ1) is 20.8. The van der Waals surface area contributed by atoms with Gasteiger partial charge < -0.3 is 10.2 Å². The van der Waals surface area contributed by atoms with Crippen molar-refractivity contribution in [2.24, 2.45) is 0 Å². The second-order valence-corrected chi connectivity index (χ2v) is 9.54. The molecule has 1 atom stereocenters. The van der Waals surface area contributed by atoms with E-state index in [2.05, 4.69) is 5.32 Å². The molecule has 0 unspecified atom stereocenters. The number of nitrogens with one attached hydrogen (secondary N) is 2. The van der Waals surface area contributed by atoms with Crippen LogP contribution < -0.4 is 10.2 Å². The van der Waals surface area contributed by atoms with Crippen LogP contribution in [-0.4, -0.2) is 50.9 Å². The molecule has 1 amide bonds. The number of quaternary nitrogens is 1. The highest BCUT2D eigenvalue weighted by molar-refractivity contribution is 7.91. The number of anilines is 1. The first-order valence-corrected chi connectivity index (χ1v) is 10.9. The van der Waals surface area contributed by atoms with Gasteiger partial charge in [0.25, 0.3) is 15.9 Å². The standard InChI is InChI=1S/C17H18F3N3O3S2/c1-11(17(24)21-13-5-4-12(18)15(19)16(13)20)22-6-8-23(9-7-22)28(25,26)14-3-2-10-27-14/h2-5,10-11H,6-9H2,1H3,(H,21,24)/p+1/t11-/m0/s1. The maximum Gasteiger partial charge on any atom is 0.282 e. The molecule has 0 bridgehead atoms. The zero-order valence-corrected chi connectivity index (χ0v) is 16.5. The molecule has 1 aromatic carbocycles. The molecular formula is C17H19F3N3O3S2+. The average molecular weight is 434 g/mol. The van der Waals surface area contributed by atoms with Gasteiger partial charge in [-0.1, -0.05) is 6.07 Å². The van der Waals surface area contributed by atoms with Crippen LogP contribution in [-0.2, 0) is 14.8 Å². The minimum absolute atomic E-state index is 0.243. The minimum atomic E-state index is -3.54. The third-order valence-electron chi connectivity index (χ3n) is 4.75. The quantitative estimate of drug-likeness (QED) is 0.692. The number of halogens is 3. The van der Waals surface area contributed by atoms with E-state index in [9.17, 15) is 26.4 Å². The first-order valence-electron chi connectivity index (χ1n) is 8.54. The molecule has 0 spiro atoms. The van der Waals surface area contributed by atoms with Gasteiger partial charge in [0.2, 0.25) is 0 Å². The molecule has 1 saturated heterocycles. The van der Waals surface area contributed by atoms with Crippen LogP contribution in [0.5, 0.6) is 0 Å². The number of rotatable bonds is 5. The van der Waals surface area contributed by atoms with Gasteiger partial charge >= 0.3 is 0 Å². The minimum Gasteiger partial charge on any atom is -0.323 e. The molecule has 1 aliphatic heterocycles. The van der Waals surface area contributed by atoms with Gasteiger partial charge in [0, 0.05) is 0 Å². The van der Waals surface area contributed by atoms with E-state index in [1.165, 1.54) is 4.31 Å². The van der Waals surface area contributed by atoms with E-state index in [4.69, 9.17) is 0 Å². The van der Waals surface area contributed by atoms with Gasteiger partial charge in [-0.2, -0.15) is 4.31 Å². The smallest absolute Gasteiger partial charge is 0.282 e. The topological polar surface area (TPSA) is 70.9 Å². The van der Waals surface area contributed by atoms with Crippen LogP contribution >= 0.6 is 11.3 Å². The highest BCUT2D eigenvalue weighted by Gasteiger charge is 2.35. The lowest BCUT2D eigenvalue weighted by molar-refractivity contribution is -0.917. The number of hydrogen-bond acceptors (Lipinski definition) is 4. The summed E-state index contributed by atoms with van der Waals surface area (Å²) in [7, 11) is -3.54. The van der Waals surface area contributed by atoms with Crippen molar-refractivity contribution in [3.05, 3.63) is 47.1 Å². The number of hydrogen-bond donors (Lipinski definition) is 2. The van der Waals surface area contributed by atoms with Gasteiger partial charge in [-0.15, -0.1) is 11.3 Å². The van der Waals surface area contributed by atoms with E-state index in [-0.39, 0.29) is 17.3 Å². The summed E-state index contributed by atoms with van der Waals surface area (Å²) in [5.41, 5.74) is -0.436. The number of nitrogens with zero attached hydrogens (tertiary/aromatic N) is 1. The molecule has 1 aromatic heterocycles. The predicted octanol–water partition coefficient (Wildman–Crippen LogP) is 1.08. The maximum atomic E-state index is 13.7. The molecule has 11 heteroatoms. The summed E-state index contributed by atoms with van der Waals surface area (Å²) < 4.78 is 66.8. The number of carbonyl (C=O) groups excluding carboxylic acids is 1. The average Bonchev–Trinajstić information content (AvgIpc) is 3.23. The fraction of sp³-hybridized carbons (Fsp3) is 0.353. The second-order valence-electron chi connectivity index (χ2n) is 6.43. The van der Waals surface area contributed by atoms with Crippen molar-refractivity contribution in [1.29, 1.82) is 0 Å². The van der Waals surface area contributed by atoms with Gasteiger partial charge in [-0.25, -0.2) is 21.6 Å². The number of carbonyl (C=O) groups is 1. The van der Waals surface area contributed by atoms with Crippen molar-refractivity contribution in [2.45, 2.75) is 17.2 Å². The number of sulfonamides is 1. The molecule has 3 rings (SSSR count). The van der Waals surface area contributed by atoms with Gasteiger partial charge in [0.15, 0.2) is 23.5 Å². The third kappa shape index (κ3) is 4.07. The van der Waals surface area contributed by atoms with Crippen molar-refractivity contribution in [3.63, 3.8) is 0 Å². The Kier molecular flexibility index (Phi) is 6.08. The SMILES string of the molecule is C[C@@H](C(=O)Nc1ccc(F)c(F)c1F)[NH+]1CCN(S(=O)(=O)c2cccs2)CC1. The summed E-state index contributed by atoms with van der Waals surface area (Å²) in [6.45, 7) is 2.88. The fourth-order valence-corrected chi connectivity index (χ4v) is 5.62. The highest BCUT2D eigenvalue weighted by Crippen LogP contribution is 2.21. The monoisotopic (exact) mass is 434 g/mol. The van der Waals surface area contributed by atoms with Crippen LogP contribution in [0.15, 0.2) is 33.9 Å². The van der Waals surface area contributed by atoms with E-state index < -0.39 is 45.1 Å². The van der Waals surface area contributed by atoms with Gasteiger partial charge in [-0.05, 0) is 30.5 Å². The van der Waals surface area contributed by atoms with E-state index in [1.54, 1.807) is 24.4 Å². The normalized spacial score (nSPS) is 17.4. The van der Waals surface area contributed by atoms with Gasteiger partial charge in [0.1, 0.15) is 4.21 Å². The molecule has 0 radical (unpaired) electrons. The van der Waals surface area contributed by atoms with Crippen LogP contribution in [0.25, 0.3) is 0 Å². The third-order valence-corrected chi connectivity index (χ3v) is 8.02. The zero-order chi connectivity index (χ0) is 20.5. The molecule has 28 heavy (non-hydrogen) atoms. The van der Waals surface area contributed by atoms with Crippen LogP contribution in [0.3, 0.4) is 0 Å². The van der Waals surface area contributed by atoms with Gasteiger partial charge in [0.05, 0.1) is 31.9 Å². The lowest BCUT2D eigenvalue weighted by Crippen LogP contribution is -3.19. The Labute approximate surface area is 164 Å². The summed E-state index contributed by atoms with van der Waals surface area (Å²) >= 11 is 1.15. The van der Waals surface area contributed by atoms with Crippen molar-refractivity contribution in [1.82, 2.24) is 4.31 Å². The Balaban J connectivity index is 1.61. The molecule has 152 valence electrons. The van der Waals surface area contributed by atoms with Crippen LogP contribution in [0, 0.1) is 17.5 Å². The largest absolute Gasteiger partial charge is 0.323 e. The van der Waals surface area contributed by atoms with E-state index in [0.717, 1.165) is 28.4 Å². The lowest BCUT2D eigenvalue weighted by atomic mass is 10.2. The van der Waals surface area contributed by atoms with Crippen LogP contribution in [0.2, 0.25) is 0 Å². The predicted molar refractivity (Wildman–Crippen MR) is 98.2 cm³/mol. The number of thiophene rings is 1. The Hall–Kier alpha value is -1.95. The second kappa shape index (κ2) is 8.19. The molecule has 0 aliphatic carbocycles. The Morgan fingerprint density at radius 2 is 1.86 bits per heavy atom. The summed E-state index contributed by atoms with van der Waals surface area (Å²) in [6.07, 6.45) is 0. The number of piperazine rings is 1. The molecule has 1 aliphatic rings. The van der Waals surface area contributed by atoms with Crippen molar-refractivity contribution in [2.75, 3.05) is 31.5 Å². The Morgan fingerprint density at radius 1 is 1.18 bits per heavy atom. The fourth-order valence-electron chi connectivity index (χ4n) is 3.03. The lowest BCUT2D eigenvalue weighted by Gasteiger charge is -2.33. The molecule has 2 aromatic rings. The van der Waals surface area contributed by atoms with Crippen molar-refractivity contribution < 1.29 is 31.3 Å². The number of benzene rings is 1. The van der Waals surface area contributed by atoms with E-state index >= 15 is 0 Å². The van der Waals surface area contributed by atoms with E-state index in [0.29, 0.717) is 13.1 Å². The molecule has 6 nitrogen and oxygen atoms in total. The summed E-state index contributed by atoms with van der Waals surface area (Å²) in [4.78, 5) is 13.2. The molecule has 2 N–H and O–H groups in total. The van der Waals surface area contributed by atoms with Crippen LogP contribution in [0.1, 0.15) is 6.92 Å². The zero-order valence-electron chi connectivity index (χ0n) is 14.9. The maximum absolute atomic E-state index is 13.7. The highest BCUT2D eigenvalue weighted by atomic mass is 32.2. The molecule has 1 fully saturated rings. The Morgan fingerprint density at radius 3 is 2.46 bits per heavy atom. The molecule has 0 saturated carbocycles. The van der Waals surface area contributed by atoms with Gasteiger partial charge in [-0.3, -0.25) is 4.79 Å². The summed E-state index contributed by atoms with van der Waals surface area (Å²) in [5.74, 6) is -5.00. The Bertz CT molecular complexity index is 960. The first-order chi connectivity index (χ1) is 13.2. The van der Waals surface area contributed by atoms with Crippen molar-refractivity contribution in [3.8, 4) is 0 Å². The molecular weight excluding hydrogens is 415 g/mol. The van der Waals surface area contributed by atoms with Crippen molar-refractivity contribution >= 4 is 33.0 Å². The summed E-state index contributed by atoms with van der Waals surface area (Å²) in [6, 6.07) is 4.28.